The molecule has 84 valence electrons. The summed E-state index contributed by atoms with van der Waals surface area (Å²) in [6, 6.07) is 6.74. The molecule has 1 aromatic rings. The summed E-state index contributed by atoms with van der Waals surface area (Å²) in [4.78, 5) is 0. The van der Waals surface area contributed by atoms with E-state index in [9.17, 15) is 4.39 Å². The van der Waals surface area contributed by atoms with E-state index in [0.717, 1.165) is 24.8 Å². The van der Waals surface area contributed by atoms with Crippen molar-refractivity contribution in [2.24, 2.45) is 0 Å². The number of ether oxygens (including phenoxy) is 1. The summed E-state index contributed by atoms with van der Waals surface area (Å²) >= 11 is 3.49. The van der Waals surface area contributed by atoms with Crippen LogP contribution in [0.15, 0.2) is 24.3 Å². The van der Waals surface area contributed by atoms with E-state index in [1.165, 1.54) is 17.7 Å². The van der Waals surface area contributed by atoms with Gasteiger partial charge in [-0.2, -0.15) is 0 Å². The Hall–Kier alpha value is -0.410. The molecule has 1 nitrogen and oxygen atoms in total. The molecule has 15 heavy (non-hydrogen) atoms. The van der Waals surface area contributed by atoms with Gasteiger partial charge in [0, 0.05) is 19.0 Å². The number of benzene rings is 1. The quantitative estimate of drug-likeness (QED) is 0.567. The molecule has 0 fully saturated rings. The standard InChI is InChI=1S/C12H16BrFO/c1-15-8-2-3-11(9-13)10-4-6-12(14)7-5-10/h4-7,11H,2-3,8-9H2,1H3. The molecule has 1 unspecified atom stereocenters. The summed E-state index contributed by atoms with van der Waals surface area (Å²) in [5.41, 5.74) is 1.18. The average molecular weight is 275 g/mol. The maximum atomic E-state index is 12.7. The van der Waals surface area contributed by atoms with Gasteiger partial charge in [-0.15, -0.1) is 0 Å². The van der Waals surface area contributed by atoms with Gasteiger partial charge in [0.15, 0.2) is 0 Å². The van der Waals surface area contributed by atoms with Crippen LogP contribution >= 0.6 is 15.9 Å². The Kier molecular flexibility index (Phi) is 5.88. The lowest BCUT2D eigenvalue weighted by Gasteiger charge is -2.13. The monoisotopic (exact) mass is 274 g/mol. The first-order chi connectivity index (χ1) is 7.27. The minimum atomic E-state index is -0.177. The molecular weight excluding hydrogens is 259 g/mol. The molecule has 0 aliphatic carbocycles. The third-order valence-corrected chi connectivity index (χ3v) is 3.21. The highest BCUT2D eigenvalue weighted by atomic mass is 79.9. The van der Waals surface area contributed by atoms with Crippen LogP contribution in [0.5, 0.6) is 0 Å². The van der Waals surface area contributed by atoms with Crippen molar-refractivity contribution in [1.82, 2.24) is 0 Å². The highest BCUT2D eigenvalue weighted by molar-refractivity contribution is 9.09. The van der Waals surface area contributed by atoms with Crippen LogP contribution in [0, 0.1) is 5.82 Å². The van der Waals surface area contributed by atoms with Crippen LogP contribution in [0.25, 0.3) is 0 Å². The van der Waals surface area contributed by atoms with Gasteiger partial charge in [0.2, 0.25) is 0 Å². The molecule has 0 bridgehead atoms. The zero-order chi connectivity index (χ0) is 11.1. The zero-order valence-electron chi connectivity index (χ0n) is 8.88. The van der Waals surface area contributed by atoms with Crippen molar-refractivity contribution in [3.05, 3.63) is 35.6 Å². The second-order valence-corrected chi connectivity index (χ2v) is 4.19. The van der Waals surface area contributed by atoms with E-state index in [4.69, 9.17) is 4.74 Å². The summed E-state index contributed by atoms with van der Waals surface area (Å²) in [6.45, 7) is 0.782. The van der Waals surface area contributed by atoms with E-state index < -0.39 is 0 Å². The van der Waals surface area contributed by atoms with E-state index in [1.54, 1.807) is 7.11 Å². The predicted octanol–water partition coefficient (Wildman–Crippen LogP) is 3.73. The molecule has 0 aliphatic rings. The van der Waals surface area contributed by atoms with Gasteiger partial charge in [0.25, 0.3) is 0 Å². The third kappa shape index (κ3) is 4.31. The van der Waals surface area contributed by atoms with Gasteiger partial charge in [0.05, 0.1) is 0 Å². The number of methoxy groups -OCH3 is 1. The van der Waals surface area contributed by atoms with E-state index in [2.05, 4.69) is 15.9 Å². The Balaban J connectivity index is 2.53. The van der Waals surface area contributed by atoms with Crippen LogP contribution < -0.4 is 0 Å². The van der Waals surface area contributed by atoms with Gasteiger partial charge in [-0.1, -0.05) is 28.1 Å². The molecule has 0 radical (unpaired) electrons. The van der Waals surface area contributed by atoms with Crippen LogP contribution in [-0.2, 0) is 4.74 Å². The molecule has 0 aliphatic heterocycles. The fourth-order valence-electron chi connectivity index (χ4n) is 1.54. The normalized spacial score (nSPS) is 12.7. The molecule has 0 amide bonds. The zero-order valence-corrected chi connectivity index (χ0v) is 10.5. The lowest BCUT2D eigenvalue weighted by Crippen LogP contribution is -2.02. The van der Waals surface area contributed by atoms with Crippen LogP contribution in [0.1, 0.15) is 24.3 Å². The number of halogens is 2. The number of rotatable bonds is 6. The SMILES string of the molecule is COCCCC(CBr)c1ccc(F)cc1. The Morgan fingerprint density at radius 1 is 1.33 bits per heavy atom. The third-order valence-electron chi connectivity index (χ3n) is 2.43. The predicted molar refractivity (Wildman–Crippen MR) is 64.0 cm³/mol. The highest BCUT2D eigenvalue weighted by Crippen LogP contribution is 2.23. The Bertz CT molecular complexity index is 273. The molecule has 0 saturated heterocycles. The largest absolute Gasteiger partial charge is 0.385 e. The molecule has 1 aromatic carbocycles. The van der Waals surface area contributed by atoms with Gasteiger partial charge in [-0.25, -0.2) is 4.39 Å². The second-order valence-electron chi connectivity index (χ2n) is 3.54. The number of alkyl halides is 1. The molecule has 0 spiro atoms. The summed E-state index contributed by atoms with van der Waals surface area (Å²) in [7, 11) is 1.71. The Morgan fingerprint density at radius 3 is 2.53 bits per heavy atom. The van der Waals surface area contributed by atoms with Crippen molar-refractivity contribution in [3.8, 4) is 0 Å². The summed E-state index contributed by atoms with van der Waals surface area (Å²) in [5, 5.41) is 0.905. The number of hydrogen-bond acceptors (Lipinski definition) is 1. The van der Waals surface area contributed by atoms with E-state index >= 15 is 0 Å². The van der Waals surface area contributed by atoms with Crippen molar-refractivity contribution < 1.29 is 9.13 Å². The fourth-order valence-corrected chi connectivity index (χ4v) is 2.24. The summed E-state index contributed by atoms with van der Waals surface area (Å²) in [6.07, 6.45) is 2.09. The van der Waals surface area contributed by atoms with Crippen molar-refractivity contribution in [1.29, 1.82) is 0 Å². The highest BCUT2D eigenvalue weighted by Gasteiger charge is 2.09. The van der Waals surface area contributed by atoms with E-state index in [1.807, 2.05) is 12.1 Å². The van der Waals surface area contributed by atoms with Crippen LogP contribution in [0.3, 0.4) is 0 Å². The molecular formula is C12H16BrFO. The van der Waals surface area contributed by atoms with Gasteiger partial charge < -0.3 is 4.74 Å². The van der Waals surface area contributed by atoms with Gasteiger partial charge >= 0.3 is 0 Å². The topological polar surface area (TPSA) is 9.23 Å². The van der Waals surface area contributed by atoms with E-state index in [-0.39, 0.29) is 5.82 Å². The van der Waals surface area contributed by atoms with E-state index in [0.29, 0.717) is 5.92 Å². The summed E-state index contributed by atoms with van der Waals surface area (Å²) < 4.78 is 17.7. The van der Waals surface area contributed by atoms with Gasteiger partial charge in [-0.3, -0.25) is 0 Å². The van der Waals surface area contributed by atoms with Crippen LogP contribution in [0.2, 0.25) is 0 Å². The maximum absolute atomic E-state index is 12.7. The molecule has 0 heterocycles. The summed E-state index contributed by atoms with van der Waals surface area (Å²) in [5.74, 6) is 0.268. The van der Waals surface area contributed by atoms with Crippen LogP contribution in [-0.4, -0.2) is 19.0 Å². The molecule has 0 aromatic heterocycles. The smallest absolute Gasteiger partial charge is 0.123 e. The first-order valence-corrected chi connectivity index (χ1v) is 6.20. The first kappa shape index (κ1) is 12.7. The molecule has 3 heteroatoms. The van der Waals surface area contributed by atoms with Gasteiger partial charge in [0.1, 0.15) is 5.82 Å². The lowest BCUT2D eigenvalue weighted by molar-refractivity contribution is 0.191. The molecule has 0 N–H and O–H groups in total. The minimum absolute atomic E-state index is 0.177. The van der Waals surface area contributed by atoms with Crippen molar-refractivity contribution in [2.75, 3.05) is 19.0 Å². The first-order valence-electron chi connectivity index (χ1n) is 5.08. The van der Waals surface area contributed by atoms with Crippen molar-refractivity contribution >= 4 is 15.9 Å². The molecule has 1 rings (SSSR count). The second kappa shape index (κ2) is 6.96. The Morgan fingerprint density at radius 2 is 2.00 bits per heavy atom. The van der Waals surface area contributed by atoms with Crippen molar-refractivity contribution in [3.63, 3.8) is 0 Å². The average Bonchev–Trinajstić information content (AvgIpc) is 2.26. The molecule has 0 saturated carbocycles. The Labute approximate surface area is 98.8 Å². The fraction of sp³-hybridized carbons (Fsp3) is 0.500. The number of hydrogen-bond donors (Lipinski definition) is 0. The molecule has 1 atom stereocenters. The van der Waals surface area contributed by atoms with Crippen molar-refractivity contribution in [2.45, 2.75) is 18.8 Å². The van der Waals surface area contributed by atoms with Gasteiger partial charge in [-0.05, 0) is 36.5 Å². The van der Waals surface area contributed by atoms with Crippen LogP contribution in [0.4, 0.5) is 4.39 Å². The minimum Gasteiger partial charge on any atom is -0.385 e. The lowest BCUT2D eigenvalue weighted by atomic mass is 9.96. The maximum Gasteiger partial charge on any atom is 0.123 e.